The highest BCUT2D eigenvalue weighted by Gasteiger charge is 2.52. The van der Waals surface area contributed by atoms with Crippen molar-refractivity contribution in [1.29, 1.82) is 0 Å². The van der Waals surface area contributed by atoms with E-state index in [2.05, 4.69) is 5.32 Å². The molecule has 0 spiro atoms. The summed E-state index contributed by atoms with van der Waals surface area (Å²) in [6, 6.07) is 6.04. The van der Waals surface area contributed by atoms with Crippen LogP contribution in [-0.2, 0) is 9.59 Å². The Balaban J connectivity index is 1.11. The van der Waals surface area contributed by atoms with Crippen molar-refractivity contribution in [2.45, 2.75) is 44.1 Å². The van der Waals surface area contributed by atoms with Gasteiger partial charge in [0.25, 0.3) is 5.91 Å². The van der Waals surface area contributed by atoms with E-state index in [0.29, 0.717) is 13.1 Å². The molecular formula is C22H27FN2O3. The minimum atomic E-state index is -0.480. The number of rotatable bonds is 5. The van der Waals surface area contributed by atoms with E-state index < -0.39 is 5.82 Å². The van der Waals surface area contributed by atoms with Crippen molar-refractivity contribution in [3.05, 3.63) is 30.1 Å². The van der Waals surface area contributed by atoms with Gasteiger partial charge < -0.3 is 15.0 Å². The van der Waals surface area contributed by atoms with Crippen LogP contribution in [0.3, 0.4) is 0 Å². The summed E-state index contributed by atoms with van der Waals surface area (Å²) in [6.45, 7) is 0.652. The van der Waals surface area contributed by atoms with E-state index in [4.69, 9.17) is 4.74 Å². The van der Waals surface area contributed by atoms with E-state index in [0.717, 1.165) is 37.0 Å². The largest absolute Gasteiger partial charge is 0.481 e. The van der Waals surface area contributed by atoms with Crippen LogP contribution in [0.1, 0.15) is 38.5 Å². The molecule has 1 aromatic rings. The Morgan fingerprint density at radius 3 is 2.29 bits per heavy atom. The topological polar surface area (TPSA) is 58.6 Å². The quantitative estimate of drug-likeness (QED) is 0.847. The summed E-state index contributed by atoms with van der Waals surface area (Å²) < 4.78 is 18.8. The Kier molecular flexibility index (Phi) is 4.33. The van der Waals surface area contributed by atoms with E-state index in [9.17, 15) is 14.0 Å². The number of likely N-dealkylation sites (tertiary alicyclic amines) is 1. The van der Waals surface area contributed by atoms with Gasteiger partial charge in [-0.1, -0.05) is 12.1 Å². The number of nitrogens with one attached hydrogen (secondary N) is 1. The zero-order valence-electron chi connectivity index (χ0n) is 16.0. The second-order valence-corrected chi connectivity index (χ2v) is 9.40. The summed E-state index contributed by atoms with van der Waals surface area (Å²) in [7, 11) is 0. The lowest BCUT2D eigenvalue weighted by molar-refractivity contribution is -0.146. The maximum Gasteiger partial charge on any atom is 0.260 e. The molecule has 4 bridgehead atoms. The van der Waals surface area contributed by atoms with E-state index in [1.165, 1.54) is 31.4 Å². The minimum Gasteiger partial charge on any atom is -0.481 e. The molecule has 0 unspecified atom stereocenters. The number of hydrogen-bond acceptors (Lipinski definition) is 3. The number of nitrogens with zero attached hydrogens (tertiary/aromatic N) is 1. The van der Waals surface area contributed by atoms with Crippen molar-refractivity contribution >= 4 is 11.8 Å². The summed E-state index contributed by atoms with van der Waals surface area (Å²) in [5.41, 5.74) is 0.0181. The normalized spacial score (nSPS) is 33.5. The molecule has 1 aromatic carbocycles. The summed E-state index contributed by atoms with van der Waals surface area (Å²) in [6.07, 6.45) is 7.46. The van der Waals surface area contributed by atoms with Crippen molar-refractivity contribution in [1.82, 2.24) is 10.2 Å². The fourth-order valence-electron chi connectivity index (χ4n) is 6.27. The van der Waals surface area contributed by atoms with Crippen LogP contribution < -0.4 is 10.1 Å². The number of carbonyl (C=O) groups is 2. The standard InChI is InChI=1S/C22H27FN2O3/c23-18-3-1-2-4-19(18)28-13-20(26)25-11-17(12-25)21(27)24-22-8-14-5-15(9-22)7-16(6-14)10-22/h1-4,14-17H,5-13H2,(H,24,27). The monoisotopic (exact) mass is 386 g/mol. The molecule has 4 aliphatic carbocycles. The highest BCUT2D eigenvalue weighted by atomic mass is 19.1. The van der Waals surface area contributed by atoms with Gasteiger partial charge in [0, 0.05) is 18.6 Å². The second kappa shape index (κ2) is 6.75. The summed E-state index contributed by atoms with van der Waals surface area (Å²) in [5.74, 6) is 1.73. The van der Waals surface area contributed by atoms with Crippen LogP contribution in [0.25, 0.3) is 0 Å². The summed E-state index contributed by atoms with van der Waals surface area (Å²) in [5, 5.41) is 3.39. The number of ether oxygens (including phenoxy) is 1. The summed E-state index contributed by atoms with van der Waals surface area (Å²) in [4.78, 5) is 26.6. The third-order valence-corrected chi connectivity index (χ3v) is 7.22. The first-order valence-corrected chi connectivity index (χ1v) is 10.5. The van der Waals surface area contributed by atoms with E-state index >= 15 is 0 Å². The van der Waals surface area contributed by atoms with Gasteiger partial charge in [-0.05, 0) is 68.4 Å². The van der Waals surface area contributed by atoms with E-state index in [1.807, 2.05) is 0 Å². The average Bonchev–Trinajstić information content (AvgIpc) is 2.58. The molecule has 1 N–H and O–H groups in total. The van der Waals surface area contributed by atoms with Gasteiger partial charge in [-0.25, -0.2) is 4.39 Å². The van der Waals surface area contributed by atoms with Gasteiger partial charge in [0.15, 0.2) is 18.2 Å². The van der Waals surface area contributed by atoms with Gasteiger partial charge in [-0.2, -0.15) is 0 Å². The third kappa shape index (κ3) is 3.27. The molecule has 6 heteroatoms. The molecule has 0 aromatic heterocycles. The minimum absolute atomic E-state index is 0.0181. The smallest absolute Gasteiger partial charge is 0.260 e. The van der Waals surface area contributed by atoms with Gasteiger partial charge in [0.05, 0.1) is 5.92 Å². The lowest BCUT2D eigenvalue weighted by Gasteiger charge is -2.57. The number of hydrogen-bond donors (Lipinski definition) is 1. The molecule has 1 heterocycles. The van der Waals surface area contributed by atoms with Gasteiger partial charge in [-0.15, -0.1) is 0 Å². The molecule has 5 nitrogen and oxygen atoms in total. The third-order valence-electron chi connectivity index (χ3n) is 7.22. The second-order valence-electron chi connectivity index (χ2n) is 9.40. The first-order valence-electron chi connectivity index (χ1n) is 10.5. The molecule has 2 amide bonds. The molecule has 6 rings (SSSR count). The van der Waals surface area contributed by atoms with Crippen LogP contribution in [0.5, 0.6) is 5.75 Å². The highest BCUT2D eigenvalue weighted by molar-refractivity contribution is 5.85. The van der Waals surface area contributed by atoms with Gasteiger partial charge >= 0.3 is 0 Å². The van der Waals surface area contributed by atoms with Crippen LogP contribution in [0.15, 0.2) is 24.3 Å². The molecule has 150 valence electrons. The molecule has 28 heavy (non-hydrogen) atoms. The van der Waals surface area contributed by atoms with Crippen molar-refractivity contribution in [3.63, 3.8) is 0 Å². The molecule has 1 aliphatic heterocycles. The predicted octanol–water partition coefficient (Wildman–Crippen LogP) is 2.75. The number of carbonyl (C=O) groups excluding carboxylic acids is 2. The lowest BCUT2D eigenvalue weighted by Crippen LogP contribution is -2.64. The summed E-state index contributed by atoms with van der Waals surface area (Å²) >= 11 is 0. The van der Waals surface area contributed by atoms with Crippen molar-refractivity contribution in [2.24, 2.45) is 23.7 Å². The maximum absolute atomic E-state index is 13.6. The van der Waals surface area contributed by atoms with Crippen LogP contribution in [-0.4, -0.2) is 41.9 Å². The number of amides is 2. The molecule has 0 atom stereocenters. The van der Waals surface area contributed by atoms with Gasteiger partial charge in [0.2, 0.25) is 5.91 Å². The number of benzene rings is 1. The average molecular weight is 386 g/mol. The number of halogens is 1. The SMILES string of the molecule is O=C(NC12CC3CC(CC(C3)C1)C2)C1CN(C(=O)COc2ccccc2F)C1. The van der Waals surface area contributed by atoms with Crippen molar-refractivity contribution < 1.29 is 18.7 Å². The lowest BCUT2D eigenvalue weighted by atomic mass is 9.53. The van der Waals surface area contributed by atoms with E-state index in [1.54, 1.807) is 17.0 Å². The Morgan fingerprint density at radius 1 is 1.07 bits per heavy atom. The predicted molar refractivity (Wildman–Crippen MR) is 101 cm³/mol. The maximum atomic E-state index is 13.6. The Hall–Kier alpha value is -2.11. The molecule has 0 radical (unpaired) electrons. The molecule has 4 saturated carbocycles. The van der Waals surface area contributed by atoms with Crippen LogP contribution in [0.4, 0.5) is 4.39 Å². The zero-order chi connectivity index (χ0) is 19.3. The zero-order valence-corrected chi connectivity index (χ0v) is 16.0. The van der Waals surface area contributed by atoms with Crippen molar-refractivity contribution in [2.75, 3.05) is 19.7 Å². The van der Waals surface area contributed by atoms with Gasteiger partial charge in [0.1, 0.15) is 0 Å². The van der Waals surface area contributed by atoms with Gasteiger partial charge in [-0.3, -0.25) is 9.59 Å². The Labute approximate surface area is 164 Å². The van der Waals surface area contributed by atoms with Crippen LogP contribution >= 0.6 is 0 Å². The Bertz CT molecular complexity index is 754. The first-order chi connectivity index (χ1) is 13.5. The van der Waals surface area contributed by atoms with Crippen molar-refractivity contribution in [3.8, 4) is 5.75 Å². The molecule has 1 saturated heterocycles. The fourth-order valence-corrected chi connectivity index (χ4v) is 6.27. The van der Waals surface area contributed by atoms with E-state index in [-0.39, 0.29) is 35.6 Å². The van der Waals surface area contributed by atoms with Crippen LogP contribution in [0, 0.1) is 29.5 Å². The Morgan fingerprint density at radius 2 is 1.68 bits per heavy atom. The molecule has 5 aliphatic rings. The number of para-hydroxylation sites is 1. The molecular weight excluding hydrogens is 359 g/mol. The highest BCUT2D eigenvalue weighted by Crippen LogP contribution is 2.55. The first kappa shape index (κ1) is 18.0. The van der Waals surface area contributed by atoms with Crippen LogP contribution in [0.2, 0.25) is 0 Å². The molecule has 5 fully saturated rings. The fraction of sp³-hybridized carbons (Fsp3) is 0.636.